The Kier molecular flexibility index (Phi) is 7.37. The van der Waals surface area contributed by atoms with Crippen LogP contribution in [0.5, 0.6) is 0 Å². The van der Waals surface area contributed by atoms with E-state index in [4.69, 9.17) is 8.92 Å². The summed E-state index contributed by atoms with van der Waals surface area (Å²) in [6.07, 6.45) is 1.65. The maximum Gasteiger partial charge on any atom is 0.157 e. The summed E-state index contributed by atoms with van der Waals surface area (Å²) in [5, 5.41) is 10.8. The predicted molar refractivity (Wildman–Crippen MR) is 134 cm³/mol. The Bertz CT molecular complexity index is 990. The molecule has 0 amide bonds. The molecule has 1 fully saturated rings. The first-order valence-corrected chi connectivity index (χ1v) is 12.1. The molecule has 4 rings (SSSR count). The van der Waals surface area contributed by atoms with Gasteiger partial charge in [0.05, 0.1) is 18.8 Å². The molecule has 0 radical (unpaired) electrons. The standard InChI is InChI=1S/C28H32O3S/c1-27(2,17-24-15-9-10-16-26(24)23-13-7-4-8-14-23)32-31-21-28(29)18-25(28)20-30-19-22-11-5-3-6-12-22/h3-16,25,29H,17-21H2,1-2H3/p+1. The Morgan fingerprint density at radius 1 is 0.938 bits per heavy atom. The minimum Gasteiger partial charge on any atom is -0.387 e. The molecule has 0 bridgehead atoms. The summed E-state index contributed by atoms with van der Waals surface area (Å²) in [7, 11) is 0. The van der Waals surface area contributed by atoms with Crippen molar-refractivity contribution in [2.75, 3.05) is 13.2 Å². The maximum absolute atomic E-state index is 10.8. The summed E-state index contributed by atoms with van der Waals surface area (Å²) >= 11 is 0.894. The Morgan fingerprint density at radius 3 is 2.34 bits per heavy atom. The van der Waals surface area contributed by atoms with Gasteiger partial charge >= 0.3 is 0 Å². The van der Waals surface area contributed by atoms with Crippen LogP contribution in [0, 0.1) is 5.92 Å². The molecule has 2 unspecified atom stereocenters. The monoisotopic (exact) mass is 449 g/mol. The van der Waals surface area contributed by atoms with Gasteiger partial charge in [-0.05, 0) is 42.5 Å². The first-order valence-electron chi connectivity index (χ1n) is 11.3. The van der Waals surface area contributed by atoms with E-state index in [9.17, 15) is 5.11 Å². The van der Waals surface area contributed by atoms with Crippen LogP contribution in [0.2, 0.25) is 0 Å². The molecule has 1 N–H and O–H groups in total. The molecule has 3 aromatic carbocycles. The van der Waals surface area contributed by atoms with Gasteiger partial charge in [0.15, 0.2) is 4.75 Å². The van der Waals surface area contributed by atoms with E-state index in [1.807, 2.05) is 24.3 Å². The number of hydrogen-bond acceptors (Lipinski definition) is 3. The van der Waals surface area contributed by atoms with Gasteiger partial charge in [-0.25, -0.2) is 0 Å². The molecule has 1 aliphatic carbocycles. The van der Waals surface area contributed by atoms with Crippen LogP contribution >= 0.6 is 0 Å². The van der Waals surface area contributed by atoms with E-state index in [-0.39, 0.29) is 10.7 Å². The zero-order valence-electron chi connectivity index (χ0n) is 18.9. The maximum atomic E-state index is 10.8. The molecule has 1 saturated carbocycles. The Labute approximate surface area is 196 Å². The number of hydrogen-bond donors (Lipinski definition) is 1. The molecule has 0 saturated heterocycles. The highest BCUT2D eigenvalue weighted by Gasteiger charge is 2.54. The third-order valence-electron chi connectivity index (χ3n) is 5.98. The van der Waals surface area contributed by atoms with Crippen molar-refractivity contribution in [2.24, 2.45) is 5.92 Å². The van der Waals surface area contributed by atoms with Gasteiger partial charge in [0, 0.05) is 12.3 Å². The molecule has 0 heterocycles. The zero-order valence-corrected chi connectivity index (χ0v) is 19.8. The zero-order chi connectivity index (χ0) is 22.4. The largest absolute Gasteiger partial charge is 0.387 e. The molecule has 0 spiro atoms. The third-order valence-corrected chi connectivity index (χ3v) is 6.89. The van der Waals surface area contributed by atoms with Crippen LogP contribution in [0.4, 0.5) is 0 Å². The number of ether oxygens (including phenoxy) is 1. The second kappa shape index (κ2) is 10.2. The summed E-state index contributed by atoms with van der Waals surface area (Å²) in [4.78, 5) is 0. The highest BCUT2D eigenvalue weighted by Crippen LogP contribution is 2.44. The first-order chi connectivity index (χ1) is 15.5. The summed E-state index contributed by atoms with van der Waals surface area (Å²) in [6, 6.07) is 29.2. The molecule has 4 heteroatoms. The van der Waals surface area contributed by atoms with Crippen LogP contribution in [-0.4, -0.2) is 28.7 Å². The molecule has 0 aromatic heterocycles. The van der Waals surface area contributed by atoms with Crippen molar-refractivity contribution in [3.8, 4) is 11.1 Å². The fourth-order valence-corrected chi connectivity index (χ4v) is 4.92. The summed E-state index contributed by atoms with van der Waals surface area (Å²) < 4.78 is 11.7. The van der Waals surface area contributed by atoms with E-state index in [2.05, 4.69) is 74.5 Å². The summed E-state index contributed by atoms with van der Waals surface area (Å²) in [5.41, 5.74) is 4.23. The SMILES string of the molecule is CC(C)(Cc1ccccc1-c1ccccc1)[SH+]OCC1(O)CC1COCc1ccccc1. The molecule has 168 valence electrons. The van der Waals surface area contributed by atoms with Crippen molar-refractivity contribution in [3.63, 3.8) is 0 Å². The van der Waals surface area contributed by atoms with Gasteiger partial charge < -0.3 is 9.84 Å². The average Bonchev–Trinajstić information content (AvgIpc) is 3.44. The Balaban J connectivity index is 1.24. The molecular formula is C28H33O3S+. The van der Waals surface area contributed by atoms with Gasteiger partial charge in [0.25, 0.3) is 0 Å². The van der Waals surface area contributed by atoms with Crippen LogP contribution < -0.4 is 0 Å². The smallest absolute Gasteiger partial charge is 0.157 e. The number of rotatable bonds is 11. The molecule has 1 aliphatic rings. The topological polar surface area (TPSA) is 38.7 Å². The molecule has 32 heavy (non-hydrogen) atoms. The van der Waals surface area contributed by atoms with E-state index >= 15 is 0 Å². The number of benzene rings is 3. The van der Waals surface area contributed by atoms with Crippen LogP contribution in [-0.2, 0) is 34.0 Å². The van der Waals surface area contributed by atoms with Crippen molar-refractivity contribution >= 4 is 12.0 Å². The average molecular weight is 450 g/mol. The highest BCUT2D eigenvalue weighted by molar-refractivity contribution is 7.75. The lowest BCUT2D eigenvalue weighted by molar-refractivity contribution is 0.0429. The van der Waals surface area contributed by atoms with Crippen LogP contribution in [0.25, 0.3) is 11.1 Å². The van der Waals surface area contributed by atoms with E-state index in [1.54, 1.807) is 0 Å². The lowest BCUT2D eigenvalue weighted by atomic mass is 9.93. The van der Waals surface area contributed by atoms with Crippen molar-refractivity contribution in [2.45, 2.75) is 43.6 Å². The Morgan fingerprint density at radius 2 is 1.59 bits per heavy atom. The molecular weight excluding hydrogens is 416 g/mol. The van der Waals surface area contributed by atoms with Gasteiger partial charge in [-0.3, -0.25) is 0 Å². The van der Waals surface area contributed by atoms with Crippen molar-refractivity contribution < 1.29 is 14.0 Å². The number of aliphatic hydroxyl groups is 1. The van der Waals surface area contributed by atoms with Crippen LogP contribution in [0.1, 0.15) is 31.4 Å². The first kappa shape index (κ1) is 23.1. The summed E-state index contributed by atoms with van der Waals surface area (Å²) in [6.45, 7) is 5.94. The second-order valence-corrected chi connectivity index (χ2v) is 11.0. The minimum absolute atomic E-state index is 0.0601. The number of thiol groups is 1. The van der Waals surface area contributed by atoms with Gasteiger partial charge in [-0.15, -0.1) is 0 Å². The van der Waals surface area contributed by atoms with E-state index in [1.165, 1.54) is 16.7 Å². The van der Waals surface area contributed by atoms with Gasteiger partial charge in [-0.1, -0.05) is 84.9 Å². The predicted octanol–water partition coefficient (Wildman–Crippen LogP) is 5.39. The van der Waals surface area contributed by atoms with Gasteiger partial charge in [0.1, 0.15) is 18.6 Å². The highest BCUT2D eigenvalue weighted by atomic mass is 32.2. The van der Waals surface area contributed by atoms with E-state index in [0.29, 0.717) is 19.8 Å². The molecule has 2 atom stereocenters. The minimum atomic E-state index is -0.748. The normalized spacial score (nSPS) is 20.3. The van der Waals surface area contributed by atoms with E-state index in [0.717, 1.165) is 30.4 Å². The van der Waals surface area contributed by atoms with Crippen molar-refractivity contribution in [1.29, 1.82) is 0 Å². The third kappa shape index (κ3) is 6.23. The van der Waals surface area contributed by atoms with Crippen LogP contribution in [0.15, 0.2) is 84.9 Å². The summed E-state index contributed by atoms with van der Waals surface area (Å²) in [5.74, 6) is 0.156. The van der Waals surface area contributed by atoms with Crippen LogP contribution in [0.3, 0.4) is 0 Å². The second-order valence-electron chi connectivity index (χ2n) is 9.38. The van der Waals surface area contributed by atoms with Gasteiger partial charge in [-0.2, -0.15) is 4.18 Å². The van der Waals surface area contributed by atoms with Crippen molar-refractivity contribution in [1.82, 2.24) is 0 Å². The quantitative estimate of drug-likeness (QED) is 0.315. The molecule has 3 aromatic rings. The van der Waals surface area contributed by atoms with Gasteiger partial charge in [0.2, 0.25) is 0 Å². The Hall–Kier alpha value is -2.11. The lowest BCUT2D eigenvalue weighted by Gasteiger charge is -2.19. The fraction of sp³-hybridized carbons (Fsp3) is 0.357. The fourth-order valence-electron chi connectivity index (χ4n) is 4.04. The lowest BCUT2D eigenvalue weighted by Crippen LogP contribution is -2.30. The molecule has 0 aliphatic heterocycles. The molecule has 3 nitrogen and oxygen atoms in total. The van der Waals surface area contributed by atoms with Crippen molar-refractivity contribution in [3.05, 3.63) is 96.1 Å². The van der Waals surface area contributed by atoms with E-state index < -0.39 is 5.60 Å².